The van der Waals surface area contributed by atoms with Gasteiger partial charge in [-0.15, -0.1) is 10.2 Å². The molecular formula is C14H16FN3O2. The zero-order valence-electron chi connectivity index (χ0n) is 11.4. The molecule has 0 saturated heterocycles. The van der Waals surface area contributed by atoms with E-state index in [0.29, 0.717) is 12.5 Å². The van der Waals surface area contributed by atoms with Gasteiger partial charge in [-0.05, 0) is 24.5 Å². The van der Waals surface area contributed by atoms with Crippen LogP contribution < -0.4 is 5.32 Å². The van der Waals surface area contributed by atoms with Crippen LogP contribution in [-0.2, 0) is 0 Å². The average Bonchev–Trinajstić information content (AvgIpc) is 2.88. The second-order valence-corrected chi connectivity index (χ2v) is 4.83. The van der Waals surface area contributed by atoms with E-state index in [1.54, 1.807) is 12.1 Å². The van der Waals surface area contributed by atoms with Gasteiger partial charge < -0.3 is 9.73 Å². The maximum absolute atomic E-state index is 13.5. The molecule has 1 aromatic carbocycles. The lowest BCUT2D eigenvalue weighted by molar-refractivity contribution is 0.0918. The van der Waals surface area contributed by atoms with Crippen molar-refractivity contribution in [2.75, 3.05) is 6.54 Å². The molecule has 0 aliphatic heterocycles. The summed E-state index contributed by atoms with van der Waals surface area (Å²) < 4.78 is 18.7. The van der Waals surface area contributed by atoms with Crippen LogP contribution in [0.4, 0.5) is 4.39 Å². The van der Waals surface area contributed by atoms with Crippen LogP contribution in [0.15, 0.2) is 28.7 Å². The summed E-state index contributed by atoms with van der Waals surface area (Å²) in [5.41, 5.74) is 0.182. The van der Waals surface area contributed by atoms with E-state index in [9.17, 15) is 9.18 Å². The van der Waals surface area contributed by atoms with Gasteiger partial charge >= 0.3 is 11.8 Å². The number of amides is 1. The van der Waals surface area contributed by atoms with Crippen LogP contribution in [0.1, 0.15) is 31.0 Å². The highest BCUT2D eigenvalue weighted by molar-refractivity contribution is 5.89. The van der Waals surface area contributed by atoms with Crippen LogP contribution in [-0.4, -0.2) is 22.6 Å². The molecule has 0 bridgehead atoms. The summed E-state index contributed by atoms with van der Waals surface area (Å²) in [7, 11) is 0. The highest BCUT2D eigenvalue weighted by Crippen LogP contribution is 2.20. The van der Waals surface area contributed by atoms with Crippen LogP contribution in [0.2, 0.25) is 0 Å². The smallest absolute Gasteiger partial charge is 0.308 e. The number of carbonyl (C=O) groups excluding carboxylic acids is 1. The van der Waals surface area contributed by atoms with Crippen LogP contribution in [0.5, 0.6) is 0 Å². The lowest BCUT2D eigenvalue weighted by Gasteiger charge is -2.04. The van der Waals surface area contributed by atoms with Gasteiger partial charge in [0.2, 0.25) is 0 Å². The minimum atomic E-state index is -0.470. The van der Waals surface area contributed by atoms with Crippen LogP contribution in [0.25, 0.3) is 11.5 Å². The Hall–Kier alpha value is -2.24. The predicted molar refractivity (Wildman–Crippen MR) is 71.5 cm³/mol. The zero-order valence-corrected chi connectivity index (χ0v) is 11.4. The second kappa shape index (κ2) is 6.27. The number of halogens is 1. The number of nitrogens with zero attached hydrogens (tertiary/aromatic N) is 2. The van der Waals surface area contributed by atoms with E-state index in [4.69, 9.17) is 4.42 Å². The number of benzene rings is 1. The summed E-state index contributed by atoms with van der Waals surface area (Å²) in [5, 5.41) is 10.0. The third-order valence-corrected chi connectivity index (χ3v) is 2.73. The molecule has 0 radical (unpaired) electrons. The normalized spacial score (nSPS) is 10.8. The van der Waals surface area contributed by atoms with E-state index in [1.807, 2.05) is 0 Å². The molecule has 2 aromatic rings. The Labute approximate surface area is 116 Å². The third-order valence-electron chi connectivity index (χ3n) is 2.73. The van der Waals surface area contributed by atoms with Crippen LogP contribution >= 0.6 is 0 Å². The summed E-state index contributed by atoms with van der Waals surface area (Å²) in [6, 6.07) is 6.03. The maximum atomic E-state index is 13.5. The Bertz CT molecular complexity index is 596. The first kappa shape index (κ1) is 14.2. The molecule has 106 valence electrons. The van der Waals surface area contributed by atoms with E-state index in [2.05, 4.69) is 29.4 Å². The minimum Gasteiger partial charge on any atom is -0.412 e. The summed E-state index contributed by atoms with van der Waals surface area (Å²) >= 11 is 0. The first-order chi connectivity index (χ1) is 9.58. The fourth-order valence-electron chi connectivity index (χ4n) is 1.61. The van der Waals surface area contributed by atoms with Crippen molar-refractivity contribution in [3.8, 4) is 11.5 Å². The molecule has 0 saturated carbocycles. The summed E-state index contributed by atoms with van der Waals surface area (Å²) in [6.45, 7) is 4.66. The Morgan fingerprint density at radius 3 is 2.80 bits per heavy atom. The highest BCUT2D eigenvalue weighted by atomic mass is 19.1. The first-order valence-electron chi connectivity index (χ1n) is 6.44. The topological polar surface area (TPSA) is 68.0 Å². The van der Waals surface area contributed by atoms with Crippen LogP contribution in [0, 0.1) is 11.7 Å². The van der Waals surface area contributed by atoms with Crippen molar-refractivity contribution in [2.45, 2.75) is 20.3 Å². The van der Waals surface area contributed by atoms with E-state index in [0.717, 1.165) is 6.42 Å². The number of carbonyl (C=O) groups is 1. The lowest BCUT2D eigenvalue weighted by Crippen LogP contribution is -2.25. The molecule has 5 nitrogen and oxygen atoms in total. The summed E-state index contributed by atoms with van der Waals surface area (Å²) in [5.74, 6) is -0.584. The van der Waals surface area contributed by atoms with E-state index in [1.165, 1.54) is 12.1 Å². The van der Waals surface area contributed by atoms with Crippen molar-refractivity contribution in [1.29, 1.82) is 0 Å². The SMILES string of the molecule is CC(C)CCNC(=O)c1nnc(-c2ccccc2F)o1. The van der Waals surface area contributed by atoms with Gasteiger partial charge in [0.15, 0.2) is 0 Å². The minimum absolute atomic E-state index is 0.00268. The van der Waals surface area contributed by atoms with Crippen molar-refractivity contribution in [1.82, 2.24) is 15.5 Å². The number of hydrogen-bond acceptors (Lipinski definition) is 4. The molecule has 0 atom stereocenters. The van der Waals surface area contributed by atoms with Gasteiger partial charge in [0.1, 0.15) is 5.82 Å². The van der Waals surface area contributed by atoms with Gasteiger partial charge in [-0.2, -0.15) is 0 Å². The Balaban J connectivity index is 2.06. The number of rotatable bonds is 5. The quantitative estimate of drug-likeness (QED) is 0.912. The van der Waals surface area contributed by atoms with Gasteiger partial charge in [-0.1, -0.05) is 26.0 Å². The van der Waals surface area contributed by atoms with E-state index >= 15 is 0 Å². The third kappa shape index (κ3) is 3.40. The molecule has 1 N–H and O–H groups in total. The van der Waals surface area contributed by atoms with Gasteiger partial charge in [0.25, 0.3) is 5.89 Å². The Kier molecular flexibility index (Phi) is 4.45. The van der Waals surface area contributed by atoms with Crippen LogP contribution in [0.3, 0.4) is 0 Å². The fourth-order valence-corrected chi connectivity index (χ4v) is 1.61. The lowest BCUT2D eigenvalue weighted by atomic mass is 10.1. The van der Waals surface area contributed by atoms with Crippen molar-refractivity contribution in [2.24, 2.45) is 5.92 Å². The zero-order chi connectivity index (χ0) is 14.5. The highest BCUT2D eigenvalue weighted by Gasteiger charge is 2.17. The molecule has 20 heavy (non-hydrogen) atoms. The standard InChI is InChI=1S/C14H16FN3O2/c1-9(2)7-8-16-12(19)14-18-17-13(20-14)10-5-3-4-6-11(10)15/h3-6,9H,7-8H2,1-2H3,(H,16,19). The summed E-state index contributed by atoms with van der Waals surface area (Å²) in [6.07, 6.45) is 0.861. The molecule has 1 aromatic heterocycles. The van der Waals surface area contributed by atoms with Crippen molar-refractivity contribution >= 4 is 5.91 Å². The van der Waals surface area contributed by atoms with Gasteiger partial charge in [-0.25, -0.2) is 4.39 Å². The van der Waals surface area contributed by atoms with Crippen molar-refractivity contribution in [3.05, 3.63) is 36.0 Å². The first-order valence-corrected chi connectivity index (χ1v) is 6.44. The van der Waals surface area contributed by atoms with E-state index in [-0.39, 0.29) is 17.3 Å². The van der Waals surface area contributed by atoms with Crippen molar-refractivity contribution in [3.63, 3.8) is 0 Å². The number of hydrogen-bond donors (Lipinski definition) is 1. The Morgan fingerprint density at radius 1 is 1.35 bits per heavy atom. The fraction of sp³-hybridized carbons (Fsp3) is 0.357. The number of nitrogens with one attached hydrogen (secondary N) is 1. The molecule has 0 unspecified atom stereocenters. The summed E-state index contributed by atoms with van der Waals surface area (Å²) in [4.78, 5) is 11.8. The Morgan fingerprint density at radius 2 is 2.10 bits per heavy atom. The molecule has 2 rings (SSSR count). The molecule has 1 heterocycles. The maximum Gasteiger partial charge on any atom is 0.308 e. The second-order valence-electron chi connectivity index (χ2n) is 4.83. The molecule has 0 aliphatic rings. The van der Waals surface area contributed by atoms with Crippen molar-refractivity contribution < 1.29 is 13.6 Å². The van der Waals surface area contributed by atoms with Gasteiger partial charge in [-0.3, -0.25) is 4.79 Å². The van der Waals surface area contributed by atoms with Gasteiger partial charge in [0, 0.05) is 6.54 Å². The largest absolute Gasteiger partial charge is 0.412 e. The van der Waals surface area contributed by atoms with Gasteiger partial charge in [0.05, 0.1) is 5.56 Å². The predicted octanol–water partition coefficient (Wildman–Crippen LogP) is 2.65. The monoisotopic (exact) mass is 277 g/mol. The molecule has 0 fully saturated rings. The molecule has 1 amide bonds. The van der Waals surface area contributed by atoms with E-state index < -0.39 is 11.7 Å². The molecule has 0 aliphatic carbocycles. The molecule has 0 spiro atoms. The molecular weight excluding hydrogens is 261 g/mol. The number of aromatic nitrogens is 2. The average molecular weight is 277 g/mol. The molecule has 6 heteroatoms.